The topological polar surface area (TPSA) is 18.8 Å². The Kier molecular flexibility index (Phi) is 4.41. The van der Waals surface area contributed by atoms with Crippen molar-refractivity contribution in [2.24, 2.45) is 4.99 Å². The zero-order valence-corrected chi connectivity index (χ0v) is 15.5. The van der Waals surface area contributed by atoms with Crippen LogP contribution in [0.25, 0.3) is 0 Å². The lowest BCUT2D eigenvalue weighted by Crippen LogP contribution is -2.54. The molecule has 26 heavy (non-hydrogen) atoms. The van der Waals surface area contributed by atoms with Crippen molar-refractivity contribution < 1.29 is 0 Å². The van der Waals surface area contributed by atoms with E-state index in [-0.39, 0.29) is 0 Å². The van der Waals surface area contributed by atoms with Crippen LogP contribution in [0.4, 0.5) is 11.4 Å². The third-order valence-corrected chi connectivity index (χ3v) is 6.60. The fraction of sp³-hybridized carbons (Fsp3) is 0.522. The number of hydrogen-bond donors (Lipinski definition) is 0. The van der Waals surface area contributed by atoms with Gasteiger partial charge in [-0.1, -0.05) is 49.3 Å². The van der Waals surface area contributed by atoms with Crippen molar-refractivity contribution in [1.29, 1.82) is 0 Å². The highest BCUT2D eigenvalue weighted by Crippen LogP contribution is 2.40. The molecule has 1 fully saturated rings. The zero-order chi connectivity index (χ0) is 17.3. The molecule has 0 saturated carbocycles. The summed E-state index contributed by atoms with van der Waals surface area (Å²) in [4.78, 5) is 10.0. The molecule has 4 aliphatic rings. The number of anilines is 1. The summed E-state index contributed by atoms with van der Waals surface area (Å²) in [5.74, 6) is 0. The van der Waals surface area contributed by atoms with E-state index in [9.17, 15) is 0 Å². The van der Waals surface area contributed by atoms with Crippen molar-refractivity contribution in [3.8, 4) is 0 Å². The summed E-state index contributed by atoms with van der Waals surface area (Å²) in [5, 5.41) is 0. The number of piperidine rings is 1. The molecule has 1 aromatic carbocycles. The van der Waals surface area contributed by atoms with Gasteiger partial charge in [0, 0.05) is 30.4 Å². The monoisotopic (exact) mass is 347 g/mol. The molecule has 1 aliphatic carbocycles. The molecule has 3 heterocycles. The maximum Gasteiger partial charge on any atom is 0.0860 e. The average Bonchev–Trinajstić information content (AvgIpc) is 2.91. The molecular weight excluding hydrogens is 318 g/mol. The highest BCUT2D eigenvalue weighted by Gasteiger charge is 2.42. The first kappa shape index (κ1) is 16.3. The number of para-hydroxylation sites is 2. The van der Waals surface area contributed by atoms with Crippen molar-refractivity contribution in [3.63, 3.8) is 0 Å². The van der Waals surface area contributed by atoms with Gasteiger partial charge < -0.3 is 4.90 Å². The minimum atomic E-state index is 0.596. The van der Waals surface area contributed by atoms with Crippen LogP contribution in [0, 0.1) is 0 Å². The van der Waals surface area contributed by atoms with Gasteiger partial charge in [0.05, 0.1) is 17.9 Å². The Hall–Kier alpha value is -1.87. The Morgan fingerprint density at radius 3 is 2.62 bits per heavy atom. The van der Waals surface area contributed by atoms with E-state index in [0.29, 0.717) is 24.2 Å². The molecule has 2 bridgehead atoms. The second-order valence-electron chi connectivity index (χ2n) is 8.18. The van der Waals surface area contributed by atoms with E-state index >= 15 is 0 Å². The lowest BCUT2D eigenvalue weighted by Gasteiger charge is -2.47. The molecule has 1 saturated heterocycles. The standard InChI is InChI=1S/C23H29N3/c1-2-4-8-18(9-5-3-1)26-19-12-13-20(26)17-21(16-19)25-15-14-24-22-10-6-7-11-23(22)25/h4,6-8,10-14,18-21H,1-3,5,9,15-17H2/b8-4-. The van der Waals surface area contributed by atoms with E-state index in [1.807, 2.05) is 0 Å². The number of fused-ring (bicyclic) bond motifs is 3. The first-order valence-corrected chi connectivity index (χ1v) is 10.4. The van der Waals surface area contributed by atoms with Crippen molar-refractivity contribution >= 4 is 17.6 Å². The van der Waals surface area contributed by atoms with Gasteiger partial charge in [0.25, 0.3) is 0 Å². The quantitative estimate of drug-likeness (QED) is 0.711. The smallest absolute Gasteiger partial charge is 0.0860 e. The van der Waals surface area contributed by atoms with Crippen molar-refractivity contribution in [2.75, 3.05) is 11.4 Å². The van der Waals surface area contributed by atoms with Gasteiger partial charge in [-0.05, 0) is 44.2 Å². The van der Waals surface area contributed by atoms with Gasteiger partial charge in [-0.25, -0.2) is 0 Å². The first-order valence-electron chi connectivity index (χ1n) is 10.4. The molecule has 5 rings (SSSR count). The second kappa shape index (κ2) is 7.03. The zero-order valence-electron chi connectivity index (χ0n) is 15.5. The molecule has 1 aromatic rings. The molecular formula is C23H29N3. The summed E-state index contributed by atoms with van der Waals surface area (Å²) < 4.78 is 0. The van der Waals surface area contributed by atoms with Gasteiger partial charge in [0.2, 0.25) is 0 Å². The summed E-state index contributed by atoms with van der Waals surface area (Å²) in [6.45, 7) is 0.949. The normalized spacial score (nSPS) is 35.0. The van der Waals surface area contributed by atoms with Crippen LogP contribution in [0.2, 0.25) is 0 Å². The molecule has 0 spiro atoms. The molecule has 136 valence electrons. The SMILES string of the molecule is C1=CC2CC(N3CC=Nc4ccccc43)CC1N2C1/C=C\CCCCC1. The highest BCUT2D eigenvalue weighted by molar-refractivity contribution is 5.81. The minimum Gasteiger partial charge on any atom is -0.361 e. The number of benzene rings is 1. The van der Waals surface area contributed by atoms with Crippen LogP contribution in [0.1, 0.15) is 44.9 Å². The fourth-order valence-corrected chi connectivity index (χ4v) is 5.38. The summed E-state index contributed by atoms with van der Waals surface area (Å²) >= 11 is 0. The average molecular weight is 348 g/mol. The van der Waals surface area contributed by atoms with Crippen LogP contribution >= 0.6 is 0 Å². The molecule has 0 aromatic heterocycles. The Balaban J connectivity index is 1.35. The van der Waals surface area contributed by atoms with Crippen LogP contribution in [0.3, 0.4) is 0 Å². The van der Waals surface area contributed by atoms with Gasteiger partial charge >= 0.3 is 0 Å². The van der Waals surface area contributed by atoms with Gasteiger partial charge in [-0.3, -0.25) is 9.89 Å². The molecule has 0 N–H and O–H groups in total. The second-order valence-corrected chi connectivity index (χ2v) is 8.18. The van der Waals surface area contributed by atoms with Gasteiger partial charge in [0.1, 0.15) is 0 Å². The number of rotatable bonds is 2. The van der Waals surface area contributed by atoms with Crippen LogP contribution in [0.5, 0.6) is 0 Å². The van der Waals surface area contributed by atoms with Crippen molar-refractivity contribution in [1.82, 2.24) is 4.90 Å². The third-order valence-electron chi connectivity index (χ3n) is 6.60. The Bertz CT molecular complexity index is 719. The maximum absolute atomic E-state index is 4.60. The summed E-state index contributed by atoms with van der Waals surface area (Å²) in [5.41, 5.74) is 2.45. The Morgan fingerprint density at radius 1 is 0.885 bits per heavy atom. The molecule has 3 atom stereocenters. The van der Waals surface area contributed by atoms with E-state index in [0.717, 1.165) is 12.2 Å². The van der Waals surface area contributed by atoms with Gasteiger partial charge in [0.15, 0.2) is 0 Å². The molecule has 0 amide bonds. The van der Waals surface area contributed by atoms with Crippen molar-refractivity contribution in [2.45, 2.75) is 69.1 Å². The number of allylic oxidation sites excluding steroid dienone is 1. The minimum absolute atomic E-state index is 0.596. The third kappa shape index (κ3) is 2.92. The predicted octanol–water partition coefficient (Wildman–Crippen LogP) is 4.87. The number of aliphatic imine (C=N–C) groups is 1. The van der Waals surface area contributed by atoms with E-state index in [2.05, 4.69) is 69.6 Å². The molecule has 0 radical (unpaired) electrons. The maximum atomic E-state index is 4.60. The summed E-state index contributed by atoms with van der Waals surface area (Å²) in [7, 11) is 0. The van der Waals surface area contributed by atoms with E-state index < -0.39 is 0 Å². The first-order chi connectivity index (χ1) is 12.9. The summed E-state index contributed by atoms with van der Waals surface area (Å²) in [6.07, 6.45) is 21.2. The summed E-state index contributed by atoms with van der Waals surface area (Å²) in [6, 6.07) is 11.1. The van der Waals surface area contributed by atoms with E-state index in [4.69, 9.17) is 0 Å². The number of hydrogen-bond acceptors (Lipinski definition) is 3. The Morgan fingerprint density at radius 2 is 1.73 bits per heavy atom. The lowest BCUT2D eigenvalue weighted by atomic mass is 9.90. The van der Waals surface area contributed by atoms with Crippen LogP contribution in [-0.2, 0) is 0 Å². The Labute approximate surface area is 157 Å². The van der Waals surface area contributed by atoms with Gasteiger partial charge in [-0.2, -0.15) is 0 Å². The molecule has 3 unspecified atom stereocenters. The fourth-order valence-electron chi connectivity index (χ4n) is 5.38. The largest absolute Gasteiger partial charge is 0.361 e. The van der Waals surface area contributed by atoms with Crippen LogP contribution in [-0.4, -0.2) is 41.8 Å². The molecule has 3 heteroatoms. The van der Waals surface area contributed by atoms with Gasteiger partial charge in [-0.15, -0.1) is 0 Å². The lowest BCUT2D eigenvalue weighted by molar-refractivity contribution is 0.104. The van der Waals surface area contributed by atoms with Crippen LogP contribution < -0.4 is 4.90 Å². The van der Waals surface area contributed by atoms with E-state index in [1.165, 1.54) is 50.6 Å². The van der Waals surface area contributed by atoms with Crippen molar-refractivity contribution in [3.05, 3.63) is 48.6 Å². The van der Waals surface area contributed by atoms with E-state index in [1.54, 1.807) is 0 Å². The molecule has 3 nitrogen and oxygen atoms in total. The highest BCUT2D eigenvalue weighted by atomic mass is 15.3. The number of nitrogens with zero attached hydrogens (tertiary/aromatic N) is 3. The van der Waals surface area contributed by atoms with Crippen LogP contribution in [0.15, 0.2) is 53.6 Å². The molecule has 3 aliphatic heterocycles. The predicted molar refractivity (Wildman–Crippen MR) is 110 cm³/mol.